The molecular weight excluding hydrogens is 643 g/mol. The average Bonchev–Trinajstić information content (AvgIpc) is 3.49. The molecule has 2 aromatic heterocycles. The van der Waals surface area contributed by atoms with E-state index in [9.17, 15) is 14.4 Å². The second-order valence-corrected chi connectivity index (χ2v) is 12.8. The number of nitrogens with two attached hydrogens (primary N) is 2. The topological polar surface area (TPSA) is 171 Å². The van der Waals surface area contributed by atoms with Crippen molar-refractivity contribution in [1.29, 1.82) is 0 Å². The number of aromatic nitrogens is 2. The summed E-state index contributed by atoms with van der Waals surface area (Å²) in [6.07, 6.45) is 4.53. The highest BCUT2D eigenvalue weighted by Gasteiger charge is 2.34. The third kappa shape index (κ3) is 7.94. The first-order chi connectivity index (χ1) is 22.7. The number of aromatic amines is 1. The minimum absolute atomic E-state index is 0.0897. The van der Waals surface area contributed by atoms with Crippen LogP contribution in [0.15, 0.2) is 70.8 Å². The van der Waals surface area contributed by atoms with E-state index in [1.165, 1.54) is 29.8 Å². The van der Waals surface area contributed by atoms with Crippen molar-refractivity contribution in [2.45, 2.75) is 60.4 Å². The molecule has 14 heteroatoms. The number of likely N-dealkylation sites (N-methyl/N-ethyl adjacent to an activating group) is 1. The molecule has 0 saturated carbocycles. The molecule has 1 aliphatic rings. The largest absolute Gasteiger partial charge is 0.361 e. The van der Waals surface area contributed by atoms with Crippen LogP contribution in [0.1, 0.15) is 29.5 Å². The summed E-state index contributed by atoms with van der Waals surface area (Å²) in [4.78, 5) is 51.0. The van der Waals surface area contributed by atoms with E-state index in [2.05, 4.69) is 25.9 Å². The van der Waals surface area contributed by atoms with Gasteiger partial charge < -0.3 is 37.3 Å². The first-order valence-corrected chi connectivity index (χ1v) is 16.5. The molecule has 11 nitrogen and oxygen atoms in total. The zero-order chi connectivity index (χ0) is 33.5. The van der Waals surface area contributed by atoms with Crippen LogP contribution in [0.4, 0.5) is 4.39 Å². The van der Waals surface area contributed by atoms with Crippen molar-refractivity contribution in [2.24, 2.45) is 11.5 Å². The Bertz CT molecular complexity index is 1750. The summed E-state index contributed by atoms with van der Waals surface area (Å²) in [6.45, 7) is 0.241. The molecular formula is C33H38ClFN8O3S. The van der Waals surface area contributed by atoms with Gasteiger partial charge in [0.25, 0.3) is 0 Å². The van der Waals surface area contributed by atoms with Gasteiger partial charge in [-0.25, -0.2) is 9.37 Å². The lowest BCUT2D eigenvalue weighted by molar-refractivity contribution is -0.141. The Morgan fingerprint density at radius 3 is 2.64 bits per heavy atom. The molecule has 4 aromatic rings. The van der Waals surface area contributed by atoms with E-state index in [0.29, 0.717) is 29.3 Å². The number of H-pyrrole nitrogens is 1. The number of fused-ring (bicyclic) bond motifs is 3. The molecule has 0 aliphatic carbocycles. The van der Waals surface area contributed by atoms with Gasteiger partial charge in [0.15, 0.2) is 0 Å². The summed E-state index contributed by atoms with van der Waals surface area (Å²) in [5, 5.41) is 10.3. The highest BCUT2D eigenvalue weighted by molar-refractivity contribution is 7.99. The first kappa shape index (κ1) is 34.3. The molecule has 47 heavy (non-hydrogen) atoms. The second kappa shape index (κ2) is 15.7. The van der Waals surface area contributed by atoms with Crippen molar-refractivity contribution < 1.29 is 18.8 Å². The number of hydrogen-bond acceptors (Lipinski definition) is 8. The summed E-state index contributed by atoms with van der Waals surface area (Å²) in [6, 6.07) is 11.6. The zero-order valence-corrected chi connectivity index (χ0v) is 27.5. The fourth-order valence-corrected chi connectivity index (χ4v) is 6.76. The van der Waals surface area contributed by atoms with Crippen LogP contribution in [0.5, 0.6) is 0 Å². The highest BCUT2D eigenvalue weighted by Crippen LogP contribution is 2.35. The van der Waals surface area contributed by atoms with Gasteiger partial charge in [-0.3, -0.25) is 14.4 Å². The van der Waals surface area contributed by atoms with Gasteiger partial charge in [-0.1, -0.05) is 47.6 Å². The smallest absolute Gasteiger partial charge is 0.246 e. The zero-order valence-electron chi connectivity index (χ0n) is 25.9. The number of rotatable bonds is 6. The van der Waals surface area contributed by atoms with Gasteiger partial charge in [0.1, 0.15) is 22.9 Å². The van der Waals surface area contributed by atoms with Crippen LogP contribution in [0.25, 0.3) is 10.9 Å². The van der Waals surface area contributed by atoms with Crippen molar-refractivity contribution in [3.05, 3.63) is 88.5 Å². The molecule has 0 saturated heterocycles. The van der Waals surface area contributed by atoms with E-state index < -0.39 is 41.7 Å². The fraction of sp³-hybridized carbons (Fsp3) is 0.333. The second-order valence-electron chi connectivity index (χ2n) is 11.3. The number of pyridine rings is 1. The number of nitrogens with zero attached hydrogens (tertiary/aromatic N) is 2. The highest BCUT2D eigenvalue weighted by atomic mass is 35.5. The van der Waals surface area contributed by atoms with Gasteiger partial charge in [0.2, 0.25) is 17.7 Å². The maximum absolute atomic E-state index is 15.6. The van der Waals surface area contributed by atoms with Crippen molar-refractivity contribution in [3.8, 4) is 0 Å². The van der Waals surface area contributed by atoms with Crippen LogP contribution in [0, 0.1) is 5.82 Å². The average molecular weight is 681 g/mol. The Morgan fingerprint density at radius 2 is 1.85 bits per heavy atom. The number of amides is 3. The van der Waals surface area contributed by atoms with Gasteiger partial charge in [-0.2, -0.15) is 0 Å². The molecule has 0 fully saturated rings. The first-order valence-electron chi connectivity index (χ1n) is 15.3. The van der Waals surface area contributed by atoms with Crippen LogP contribution in [-0.4, -0.2) is 70.9 Å². The van der Waals surface area contributed by atoms with Crippen LogP contribution in [0.2, 0.25) is 5.02 Å². The molecule has 0 radical (unpaired) electrons. The van der Waals surface area contributed by atoms with E-state index in [4.69, 9.17) is 23.1 Å². The summed E-state index contributed by atoms with van der Waals surface area (Å²) in [7, 11) is 1.50. The molecule has 2 aromatic carbocycles. The fourth-order valence-electron chi connectivity index (χ4n) is 5.57. The van der Waals surface area contributed by atoms with Crippen molar-refractivity contribution in [3.63, 3.8) is 0 Å². The third-order valence-electron chi connectivity index (χ3n) is 8.26. The van der Waals surface area contributed by atoms with Gasteiger partial charge in [-0.15, -0.1) is 0 Å². The quantitative estimate of drug-likeness (QED) is 0.181. The molecule has 8 N–H and O–H groups in total. The standard InChI is InChI=1S/C33H38ClFN8O3S/c1-43-27(14-20-17-39-24-8-3-2-7-21(20)24)31(45)41-18-22-28(11-10-23(34)29(22)35)47-32-19(6-5-13-38-32)16-40-25(9-4-12-36)30(44)42-26(15-37)33(43)46/h2-3,5-8,10-11,13,17,25-27,39-40H,4,9,12,14-16,18,36-37H2,1H3,(H,41,45)(H,42,44)/t25-,26-,27-/m0/s1. The molecule has 3 amide bonds. The monoisotopic (exact) mass is 680 g/mol. The van der Waals surface area contributed by atoms with E-state index in [1.54, 1.807) is 24.5 Å². The maximum atomic E-state index is 15.6. The normalized spacial score (nSPS) is 19.9. The molecule has 248 valence electrons. The predicted octanol–water partition coefficient (Wildman–Crippen LogP) is 2.85. The summed E-state index contributed by atoms with van der Waals surface area (Å²) >= 11 is 7.43. The van der Waals surface area contributed by atoms with E-state index in [-0.39, 0.29) is 36.6 Å². The number of carbonyl (C=O) groups is 3. The van der Waals surface area contributed by atoms with Crippen molar-refractivity contribution in [2.75, 3.05) is 20.1 Å². The lowest BCUT2D eigenvalue weighted by atomic mass is 10.0. The Morgan fingerprint density at radius 1 is 1.04 bits per heavy atom. The van der Waals surface area contributed by atoms with Crippen LogP contribution in [0.3, 0.4) is 0 Å². The SMILES string of the molecule is CN1C(=O)[C@H](CN)NC(=O)[C@H](CCCN)NCc2cccnc2Sc2ccc(Cl)c(F)c2CNC(=O)[C@@H]1Cc1c[nH]c2ccccc12. The Kier molecular flexibility index (Phi) is 11.5. The van der Waals surface area contributed by atoms with Crippen molar-refractivity contribution in [1.82, 2.24) is 30.8 Å². The molecule has 3 atom stereocenters. The number of halogens is 2. The van der Waals surface area contributed by atoms with Crippen LogP contribution >= 0.6 is 23.4 Å². The lowest BCUT2D eigenvalue weighted by Gasteiger charge is -2.31. The van der Waals surface area contributed by atoms with E-state index in [0.717, 1.165) is 22.0 Å². The van der Waals surface area contributed by atoms with E-state index in [1.807, 2.05) is 30.3 Å². The van der Waals surface area contributed by atoms with Crippen LogP contribution < -0.4 is 27.4 Å². The van der Waals surface area contributed by atoms with Gasteiger partial charge >= 0.3 is 0 Å². The minimum Gasteiger partial charge on any atom is -0.361 e. The number of benzene rings is 2. The van der Waals surface area contributed by atoms with E-state index >= 15 is 4.39 Å². The predicted molar refractivity (Wildman–Crippen MR) is 180 cm³/mol. The summed E-state index contributed by atoms with van der Waals surface area (Å²) in [5.41, 5.74) is 14.4. The maximum Gasteiger partial charge on any atom is 0.246 e. The number of nitrogens with one attached hydrogen (secondary N) is 4. The molecule has 0 unspecified atom stereocenters. The van der Waals surface area contributed by atoms with Gasteiger partial charge in [-0.05, 0) is 54.8 Å². The minimum atomic E-state index is -1.11. The van der Waals surface area contributed by atoms with Gasteiger partial charge in [0, 0.05) is 66.9 Å². The number of para-hydroxylation sites is 1. The number of carbonyl (C=O) groups excluding carboxylic acids is 3. The Hall–Kier alpha value is -4.01. The molecule has 3 heterocycles. The molecule has 0 spiro atoms. The Balaban J connectivity index is 1.56. The summed E-state index contributed by atoms with van der Waals surface area (Å²) in [5.74, 6) is -2.14. The molecule has 0 bridgehead atoms. The Labute approximate surface area is 281 Å². The molecule has 1 aliphatic heterocycles. The number of hydrogen-bond donors (Lipinski definition) is 6. The summed E-state index contributed by atoms with van der Waals surface area (Å²) < 4.78 is 15.6. The lowest BCUT2D eigenvalue weighted by Crippen LogP contribution is -2.59. The molecule has 5 rings (SSSR count). The van der Waals surface area contributed by atoms with Gasteiger partial charge in [0.05, 0.1) is 11.1 Å². The third-order valence-corrected chi connectivity index (χ3v) is 9.71. The van der Waals surface area contributed by atoms with Crippen LogP contribution in [-0.2, 0) is 33.9 Å². The van der Waals surface area contributed by atoms with Crippen molar-refractivity contribution >= 4 is 52.0 Å².